The summed E-state index contributed by atoms with van der Waals surface area (Å²) in [5.41, 5.74) is 0. The molecule has 0 bridgehead atoms. The van der Waals surface area contributed by atoms with Gasteiger partial charge in [0.25, 0.3) is 0 Å². The number of allylic oxidation sites excluding steroid dienone is 2. The molecule has 1 nitrogen and oxygen atoms in total. The van der Waals surface area contributed by atoms with Crippen LogP contribution in [0, 0.1) is 6.58 Å². The minimum Gasteiger partial charge on any atom is -0.378 e. The molecule has 0 saturated carbocycles. The molecule has 9 heavy (non-hydrogen) atoms. The van der Waals surface area contributed by atoms with E-state index in [2.05, 4.69) is 18.7 Å². The Morgan fingerprint density at radius 2 is 1.89 bits per heavy atom. The molecule has 0 aliphatic carbocycles. The van der Waals surface area contributed by atoms with Crippen LogP contribution in [-0.4, -0.2) is 18.0 Å². The third-order valence-corrected chi connectivity index (χ3v) is 1.22. The molecule has 1 heteroatoms. The molecule has 0 amide bonds. The van der Waals surface area contributed by atoms with Crippen LogP contribution in [0.4, 0.5) is 0 Å². The first-order valence-corrected chi connectivity index (χ1v) is 3.30. The van der Waals surface area contributed by atoms with Crippen molar-refractivity contribution in [1.29, 1.82) is 0 Å². The molecule has 0 aliphatic heterocycles. The van der Waals surface area contributed by atoms with Gasteiger partial charge in [-0.2, -0.15) is 0 Å². The maximum atomic E-state index is 5.15. The average Bonchev–Trinajstić information content (AvgIpc) is 1.91. The molecule has 0 N–H and O–H groups in total. The number of hydrogen-bond donors (Lipinski definition) is 0. The number of nitrogens with zero attached hydrogens (tertiary/aromatic N) is 1. The molecule has 0 rings (SSSR count). The normalized spacial score (nSPS) is 10.0. The summed E-state index contributed by atoms with van der Waals surface area (Å²) in [4.78, 5) is 2.17. The molecule has 0 unspecified atom stereocenters. The summed E-state index contributed by atoms with van der Waals surface area (Å²) in [6.45, 7) is 11.5. The van der Waals surface area contributed by atoms with Crippen LogP contribution in [-0.2, 0) is 0 Å². The lowest BCUT2D eigenvalue weighted by Gasteiger charge is -2.13. The van der Waals surface area contributed by atoms with Crippen molar-refractivity contribution in [3.8, 4) is 0 Å². The lowest BCUT2D eigenvalue weighted by Crippen LogP contribution is -2.14. The minimum absolute atomic E-state index is 1.04. The topological polar surface area (TPSA) is 3.24 Å². The van der Waals surface area contributed by atoms with Crippen molar-refractivity contribution in [1.82, 2.24) is 4.90 Å². The Hall–Kier alpha value is -0.720. The standard InChI is InChI=1S/C8H14N/c1-4-7-8-9(5-2)6-3/h1,4,7-8H,5-6H2,2-3H3. The molecule has 1 radical (unpaired) electrons. The summed E-state index contributed by atoms with van der Waals surface area (Å²) >= 11 is 0. The van der Waals surface area contributed by atoms with Crippen molar-refractivity contribution in [3.63, 3.8) is 0 Å². The molecule has 0 aromatic heterocycles. The van der Waals surface area contributed by atoms with E-state index in [9.17, 15) is 0 Å². The molecule has 0 aliphatic rings. The van der Waals surface area contributed by atoms with E-state index >= 15 is 0 Å². The zero-order valence-electron chi connectivity index (χ0n) is 6.17. The van der Waals surface area contributed by atoms with Crippen LogP contribution in [0.1, 0.15) is 13.8 Å². The van der Waals surface area contributed by atoms with Crippen molar-refractivity contribution < 1.29 is 0 Å². The van der Waals surface area contributed by atoms with Crippen molar-refractivity contribution in [2.24, 2.45) is 0 Å². The Balaban J connectivity index is 3.53. The van der Waals surface area contributed by atoms with Crippen molar-refractivity contribution in [3.05, 3.63) is 24.9 Å². The van der Waals surface area contributed by atoms with E-state index in [1.165, 1.54) is 0 Å². The van der Waals surface area contributed by atoms with Gasteiger partial charge in [-0.1, -0.05) is 12.7 Å². The van der Waals surface area contributed by atoms with Crippen molar-refractivity contribution in [2.45, 2.75) is 13.8 Å². The quantitative estimate of drug-likeness (QED) is 0.517. The number of rotatable bonds is 4. The van der Waals surface area contributed by atoms with Gasteiger partial charge in [0, 0.05) is 13.1 Å². The zero-order valence-corrected chi connectivity index (χ0v) is 6.17. The maximum Gasteiger partial charge on any atom is 0.0143 e. The second kappa shape index (κ2) is 5.42. The van der Waals surface area contributed by atoms with Gasteiger partial charge in [0.05, 0.1) is 0 Å². The van der Waals surface area contributed by atoms with Gasteiger partial charge < -0.3 is 4.90 Å². The Morgan fingerprint density at radius 3 is 2.22 bits per heavy atom. The second-order valence-corrected chi connectivity index (χ2v) is 1.76. The Kier molecular flexibility index (Phi) is 4.98. The Bertz CT molecular complexity index is 90.7. The molecule has 0 saturated heterocycles. The molecule has 0 aromatic rings. The fraction of sp³-hybridized carbons (Fsp3) is 0.500. The van der Waals surface area contributed by atoms with Gasteiger partial charge in [0.15, 0.2) is 0 Å². The maximum absolute atomic E-state index is 5.15. The highest BCUT2D eigenvalue weighted by Crippen LogP contribution is 1.86. The molecule has 51 valence electrons. The van der Waals surface area contributed by atoms with Gasteiger partial charge in [-0.25, -0.2) is 0 Å². The third-order valence-electron chi connectivity index (χ3n) is 1.22. The fourth-order valence-electron chi connectivity index (χ4n) is 0.606. The monoisotopic (exact) mass is 124 g/mol. The molecule has 0 spiro atoms. The smallest absolute Gasteiger partial charge is 0.0143 e. The summed E-state index contributed by atoms with van der Waals surface area (Å²) < 4.78 is 0. The van der Waals surface area contributed by atoms with Crippen LogP contribution in [0.15, 0.2) is 18.4 Å². The van der Waals surface area contributed by atoms with E-state index < -0.39 is 0 Å². The fourth-order valence-corrected chi connectivity index (χ4v) is 0.606. The molecular weight excluding hydrogens is 110 g/mol. The zero-order chi connectivity index (χ0) is 7.11. The molecule has 0 fully saturated rings. The lowest BCUT2D eigenvalue weighted by molar-refractivity contribution is 0.419. The molecule has 0 aromatic carbocycles. The van der Waals surface area contributed by atoms with Crippen molar-refractivity contribution in [2.75, 3.05) is 13.1 Å². The van der Waals surface area contributed by atoms with E-state index in [-0.39, 0.29) is 0 Å². The van der Waals surface area contributed by atoms with Crippen LogP contribution in [0.2, 0.25) is 0 Å². The molecule has 0 atom stereocenters. The van der Waals surface area contributed by atoms with Crippen molar-refractivity contribution >= 4 is 0 Å². The van der Waals surface area contributed by atoms with Crippen LogP contribution in [0.25, 0.3) is 0 Å². The SMILES string of the molecule is [CH]=CC=CN(CC)CC. The van der Waals surface area contributed by atoms with E-state index in [0.29, 0.717) is 0 Å². The summed E-state index contributed by atoms with van der Waals surface area (Å²) in [6.07, 6.45) is 5.37. The van der Waals surface area contributed by atoms with E-state index in [1.54, 1.807) is 6.08 Å². The highest BCUT2D eigenvalue weighted by molar-refractivity contribution is 4.94. The first kappa shape index (κ1) is 8.28. The van der Waals surface area contributed by atoms with E-state index in [4.69, 9.17) is 6.58 Å². The van der Waals surface area contributed by atoms with Gasteiger partial charge in [-0.05, 0) is 26.1 Å². The molecule has 0 heterocycles. The Labute approximate surface area is 57.7 Å². The van der Waals surface area contributed by atoms with Gasteiger partial charge in [0.1, 0.15) is 0 Å². The summed E-state index contributed by atoms with van der Waals surface area (Å²) in [7, 11) is 0. The third kappa shape index (κ3) is 3.83. The first-order chi connectivity index (χ1) is 4.35. The van der Waals surface area contributed by atoms with Gasteiger partial charge in [-0.15, -0.1) is 0 Å². The summed E-state index contributed by atoms with van der Waals surface area (Å²) in [5, 5.41) is 0. The summed E-state index contributed by atoms with van der Waals surface area (Å²) in [6, 6.07) is 0. The highest BCUT2D eigenvalue weighted by atomic mass is 15.1. The predicted molar refractivity (Wildman–Crippen MR) is 40.9 cm³/mol. The number of hydrogen-bond acceptors (Lipinski definition) is 1. The lowest BCUT2D eigenvalue weighted by atomic mass is 10.5. The Morgan fingerprint density at radius 1 is 1.33 bits per heavy atom. The minimum atomic E-state index is 1.04. The van der Waals surface area contributed by atoms with Gasteiger partial charge >= 0.3 is 0 Å². The largest absolute Gasteiger partial charge is 0.378 e. The molecular formula is C8H14N. The van der Waals surface area contributed by atoms with Gasteiger partial charge in [-0.3, -0.25) is 0 Å². The first-order valence-electron chi connectivity index (χ1n) is 3.30. The van der Waals surface area contributed by atoms with Crippen LogP contribution >= 0.6 is 0 Å². The van der Waals surface area contributed by atoms with Crippen LogP contribution in [0.3, 0.4) is 0 Å². The summed E-state index contributed by atoms with van der Waals surface area (Å²) in [5.74, 6) is 0. The van der Waals surface area contributed by atoms with Crippen LogP contribution in [0.5, 0.6) is 0 Å². The second-order valence-electron chi connectivity index (χ2n) is 1.76. The predicted octanol–water partition coefficient (Wildman–Crippen LogP) is 1.83. The average molecular weight is 124 g/mol. The van der Waals surface area contributed by atoms with Gasteiger partial charge in [0.2, 0.25) is 0 Å². The van der Waals surface area contributed by atoms with E-state index in [1.807, 2.05) is 12.3 Å². The van der Waals surface area contributed by atoms with Crippen LogP contribution < -0.4 is 0 Å². The van der Waals surface area contributed by atoms with E-state index in [0.717, 1.165) is 13.1 Å². The highest BCUT2D eigenvalue weighted by Gasteiger charge is 1.85.